The molecule has 0 N–H and O–H groups in total. The number of rotatable bonds is 4. The average Bonchev–Trinajstić information content (AvgIpc) is 2.63. The topological polar surface area (TPSA) is 0 Å². The number of halogens is 6. The Labute approximate surface area is 189 Å². The van der Waals surface area contributed by atoms with E-state index in [0.29, 0.717) is 0 Å². The van der Waals surface area contributed by atoms with Crippen LogP contribution < -0.4 is 45.5 Å². The van der Waals surface area contributed by atoms with E-state index < -0.39 is 15.1 Å². The van der Waals surface area contributed by atoms with Gasteiger partial charge in [-0.1, -0.05) is 0 Å². The van der Waals surface area contributed by atoms with E-state index in [1.807, 2.05) is 0 Å². The summed E-state index contributed by atoms with van der Waals surface area (Å²) < 4.78 is 59.2. The van der Waals surface area contributed by atoms with Gasteiger partial charge in [-0.2, -0.15) is 0 Å². The molecule has 3 aromatic rings. The van der Waals surface area contributed by atoms with Crippen LogP contribution in [0, 0.1) is 0 Å². The Kier molecular flexibility index (Phi) is 8.18. The second-order valence-corrected chi connectivity index (χ2v) is 12.5. The van der Waals surface area contributed by atoms with E-state index >= 15 is 0 Å². The summed E-state index contributed by atoms with van der Waals surface area (Å²) in [5.41, 5.74) is 0. The molecule has 154 valence electrons. The summed E-state index contributed by atoms with van der Waals surface area (Å²) in [5, 5.41) is 4.47. The number of hydrogen-bond donors (Lipinski definition) is 0. The molecule has 0 nitrogen and oxygen atoms in total. The molecule has 0 saturated carbocycles. The van der Waals surface area contributed by atoms with Crippen molar-refractivity contribution in [3.63, 3.8) is 0 Å². The summed E-state index contributed by atoms with van der Waals surface area (Å²) in [6.45, 7) is 2.33. The van der Waals surface area contributed by atoms with Crippen LogP contribution in [-0.2, 0) is 0 Å². The monoisotopic (exact) mass is 460 g/mol. The van der Waals surface area contributed by atoms with Gasteiger partial charge in [0.2, 0.25) is 0 Å². The minimum atomic E-state index is -10.7. The van der Waals surface area contributed by atoms with E-state index in [0.717, 1.165) is 0 Å². The van der Waals surface area contributed by atoms with Gasteiger partial charge in [-0.05, 0) is 0 Å². The van der Waals surface area contributed by atoms with Crippen LogP contribution in [0.25, 0.3) is 0 Å². The smallest absolute Gasteiger partial charge is 1.00 e. The molecule has 0 bridgehead atoms. The summed E-state index contributed by atoms with van der Waals surface area (Å²) in [7, 11) is -12.6. The zero-order chi connectivity index (χ0) is 21.0. The Morgan fingerprint density at radius 3 is 0.931 bits per heavy atom. The van der Waals surface area contributed by atoms with Gasteiger partial charge >= 0.3 is 190 Å². The first kappa shape index (κ1) is 26.1. The summed E-state index contributed by atoms with van der Waals surface area (Å²) >= 11 is 0. The van der Waals surface area contributed by atoms with Gasteiger partial charge in [-0.3, -0.25) is 0 Å². The maximum absolute atomic E-state index is 10.7. The van der Waals surface area contributed by atoms with Crippen molar-refractivity contribution in [1.82, 2.24) is 0 Å². The fraction of sp³-hybridized carbons (Fsp3) is 0.100. The van der Waals surface area contributed by atoms with Gasteiger partial charge in [0.15, 0.2) is 0 Å². The SMILES string of the molecule is CC[PH](c1ccccc1)(c1ccccc1)c1ccccc1.F[P-](F)(F)(F)(F)F.[Na+]. The first-order valence-corrected chi connectivity index (χ1v) is 12.8. The Hall–Kier alpha value is -0.900. The zero-order valence-electron chi connectivity index (χ0n) is 16.1. The molecule has 0 amide bonds. The fourth-order valence-electron chi connectivity index (χ4n) is 3.28. The summed E-state index contributed by atoms with van der Waals surface area (Å²) in [5.74, 6) is 0. The van der Waals surface area contributed by atoms with Crippen molar-refractivity contribution >= 4 is 31.0 Å². The Balaban J connectivity index is 0.000000456. The van der Waals surface area contributed by atoms with E-state index in [1.165, 1.54) is 22.1 Å². The molecule has 29 heavy (non-hydrogen) atoms. The predicted octanol–water partition coefficient (Wildman–Crippen LogP) is 4.12. The van der Waals surface area contributed by atoms with Gasteiger partial charge in [-0.15, -0.1) is 0 Å². The molecule has 0 atom stereocenters. The van der Waals surface area contributed by atoms with Gasteiger partial charge in [0, 0.05) is 0 Å². The van der Waals surface area contributed by atoms with Crippen LogP contribution in [0.3, 0.4) is 0 Å². The van der Waals surface area contributed by atoms with Crippen LogP contribution in [0.5, 0.6) is 0 Å². The normalized spacial score (nSPS) is 14.3. The molecular formula is C20H21F6NaP2. The van der Waals surface area contributed by atoms with Crippen LogP contribution in [0.2, 0.25) is 0 Å². The third kappa shape index (κ3) is 8.78. The molecule has 3 rings (SSSR count). The largest absolute Gasteiger partial charge is 1.00 e. The number of hydrogen-bond acceptors (Lipinski definition) is 0. The molecule has 0 aliphatic rings. The van der Waals surface area contributed by atoms with Crippen LogP contribution in [0.15, 0.2) is 91.0 Å². The van der Waals surface area contributed by atoms with E-state index in [1.54, 1.807) is 0 Å². The molecule has 0 aliphatic carbocycles. The van der Waals surface area contributed by atoms with E-state index in [2.05, 4.69) is 97.9 Å². The molecule has 3 aromatic carbocycles. The molecule has 0 aromatic heterocycles. The fourth-order valence-corrected chi connectivity index (χ4v) is 7.79. The van der Waals surface area contributed by atoms with Crippen molar-refractivity contribution in [3.05, 3.63) is 91.0 Å². The third-order valence-corrected chi connectivity index (χ3v) is 9.35. The van der Waals surface area contributed by atoms with Gasteiger partial charge < -0.3 is 0 Å². The molecular weight excluding hydrogens is 439 g/mol. The number of benzene rings is 3. The van der Waals surface area contributed by atoms with Crippen molar-refractivity contribution in [2.45, 2.75) is 6.92 Å². The Morgan fingerprint density at radius 1 is 0.552 bits per heavy atom. The molecule has 0 spiro atoms. The van der Waals surface area contributed by atoms with Crippen molar-refractivity contribution in [1.29, 1.82) is 0 Å². The molecule has 9 heteroatoms. The first-order valence-electron chi connectivity index (χ1n) is 8.56. The second-order valence-electron chi connectivity index (χ2n) is 6.32. The molecule has 0 saturated heterocycles. The quantitative estimate of drug-likeness (QED) is 0.312. The molecule has 0 radical (unpaired) electrons. The predicted molar refractivity (Wildman–Crippen MR) is 111 cm³/mol. The first-order chi connectivity index (χ1) is 12.8. The van der Waals surface area contributed by atoms with Crippen molar-refractivity contribution in [2.24, 2.45) is 0 Å². The molecule has 0 heterocycles. The molecule has 0 fully saturated rings. The van der Waals surface area contributed by atoms with Crippen LogP contribution in [-0.4, -0.2) is 6.16 Å². The van der Waals surface area contributed by atoms with Crippen molar-refractivity contribution < 1.29 is 54.7 Å². The maximum atomic E-state index is 9.87. The van der Waals surface area contributed by atoms with Gasteiger partial charge in [-0.25, -0.2) is 0 Å². The average molecular weight is 460 g/mol. The Bertz CT molecular complexity index is 778. The summed E-state index contributed by atoms with van der Waals surface area (Å²) in [6, 6.07) is 33.1. The van der Waals surface area contributed by atoms with E-state index in [9.17, 15) is 25.2 Å². The van der Waals surface area contributed by atoms with Crippen molar-refractivity contribution in [2.75, 3.05) is 6.16 Å². The minimum Gasteiger partial charge on any atom is 1.00 e. The van der Waals surface area contributed by atoms with Crippen LogP contribution >= 0.6 is 15.1 Å². The molecule has 0 aliphatic heterocycles. The van der Waals surface area contributed by atoms with Crippen molar-refractivity contribution in [3.8, 4) is 0 Å². The van der Waals surface area contributed by atoms with E-state index in [4.69, 9.17) is 0 Å². The maximum Gasteiger partial charge on any atom is 1.00 e. The van der Waals surface area contributed by atoms with Crippen LogP contribution in [0.4, 0.5) is 25.2 Å². The summed E-state index contributed by atoms with van der Waals surface area (Å²) in [4.78, 5) is 0. The second kappa shape index (κ2) is 9.08. The van der Waals surface area contributed by atoms with Crippen LogP contribution in [0.1, 0.15) is 6.92 Å². The van der Waals surface area contributed by atoms with Gasteiger partial charge in [0.05, 0.1) is 0 Å². The zero-order valence-corrected chi connectivity index (χ0v) is 20.0. The molecule has 0 unspecified atom stereocenters. The minimum absolute atomic E-state index is 0. The summed E-state index contributed by atoms with van der Waals surface area (Å²) in [6.07, 6.45) is 1.17. The third-order valence-electron chi connectivity index (χ3n) is 4.33. The standard InChI is InChI=1S/C20H21P.F6P.Na/c1-2-21(18-12-6-3-7-13-18,19-14-8-4-9-15-19)20-16-10-5-11-17-20;1-7(2,3,4,5)6;/h3-17,21H,2H2,1H3;;/q;-1;+1. The Morgan fingerprint density at radius 2 is 0.759 bits per heavy atom. The van der Waals surface area contributed by atoms with Gasteiger partial charge in [0.1, 0.15) is 0 Å². The van der Waals surface area contributed by atoms with E-state index in [-0.39, 0.29) is 29.6 Å². The van der Waals surface area contributed by atoms with Gasteiger partial charge in [0.25, 0.3) is 0 Å².